The number of phenolic OH excluding ortho intramolecular Hbond substituents is 1. The largest absolute Gasteiger partial charge is 0.508 e. The van der Waals surface area contributed by atoms with Crippen molar-refractivity contribution in [1.29, 1.82) is 0 Å². The first-order valence-corrected chi connectivity index (χ1v) is 15.1. The number of amides is 1. The molecule has 1 fully saturated rings. The number of β-lactam (4-membered cyclic amide) rings is 1. The Labute approximate surface area is 254 Å². The van der Waals surface area contributed by atoms with Crippen LogP contribution in [0.15, 0.2) is 127 Å². The molecule has 43 heavy (non-hydrogen) atoms. The Morgan fingerprint density at radius 1 is 0.814 bits per heavy atom. The lowest BCUT2D eigenvalue weighted by Gasteiger charge is -2.47. The number of anilines is 1. The maximum absolute atomic E-state index is 13.7. The number of aliphatic hydroxyl groups excluding tert-OH is 1. The summed E-state index contributed by atoms with van der Waals surface area (Å²) in [6.07, 6.45) is -0.855. The van der Waals surface area contributed by atoms with Crippen LogP contribution in [-0.2, 0) is 11.4 Å². The summed E-state index contributed by atoms with van der Waals surface area (Å²) in [4.78, 5) is 15.4. The van der Waals surface area contributed by atoms with Crippen LogP contribution in [0.4, 0.5) is 10.1 Å². The molecule has 1 saturated heterocycles. The number of para-hydroxylation sites is 1. The van der Waals surface area contributed by atoms with Crippen molar-refractivity contribution in [3.63, 3.8) is 0 Å². The topological polar surface area (TPSA) is 70.0 Å². The second-order valence-corrected chi connectivity index (χ2v) is 11.6. The number of hydrogen-bond acceptors (Lipinski definition) is 5. The highest BCUT2D eigenvalue weighted by Gasteiger charge is 2.50. The fourth-order valence-corrected chi connectivity index (χ4v) is 6.57. The van der Waals surface area contributed by atoms with Gasteiger partial charge in [0.25, 0.3) is 0 Å². The van der Waals surface area contributed by atoms with Crippen LogP contribution >= 0.6 is 11.8 Å². The van der Waals surface area contributed by atoms with Gasteiger partial charge in [-0.3, -0.25) is 4.79 Å². The van der Waals surface area contributed by atoms with Gasteiger partial charge in [-0.25, -0.2) is 4.39 Å². The zero-order valence-corrected chi connectivity index (χ0v) is 24.0. The Morgan fingerprint density at radius 3 is 2.23 bits per heavy atom. The summed E-state index contributed by atoms with van der Waals surface area (Å²) in [5, 5.41) is 20.5. The highest BCUT2D eigenvalue weighted by Crippen LogP contribution is 2.49. The van der Waals surface area contributed by atoms with E-state index in [4.69, 9.17) is 4.74 Å². The van der Waals surface area contributed by atoms with Crippen molar-refractivity contribution in [2.75, 3.05) is 10.7 Å². The maximum Gasteiger partial charge on any atom is 0.243 e. The van der Waals surface area contributed by atoms with E-state index in [0.29, 0.717) is 17.9 Å². The van der Waals surface area contributed by atoms with Crippen LogP contribution < -0.4 is 9.64 Å². The molecule has 5 nitrogen and oxygen atoms in total. The van der Waals surface area contributed by atoms with Crippen LogP contribution in [0, 0.1) is 5.82 Å². The lowest BCUT2D eigenvalue weighted by Crippen LogP contribution is -2.57. The SMILES string of the molecule is O=C1[C@H](SC[C@H](O)c2ccc(F)cc2)[C@@H](c2ccc(-c3cccc(O)c3)cc2OCc2ccccc2)N1c1ccccc1. The Balaban J connectivity index is 1.35. The van der Waals surface area contributed by atoms with Gasteiger partial charge < -0.3 is 19.8 Å². The molecule has 0 aromatic heterocycles. The summed E-state index contributed by atoms with van der Waals surface area (Å²) in [5.74, 6) is 0.646. The van der Waals surface area contributed by atoms with Gasteiger partial charge in [0, 0.05) is 17.0 Å². The molecule has 1 heterocycles. The van der Waals surface area contributed by atoms with Crippen molar-refractivity contribution in [3.05, 3.63) is 150 Å². The molecular formula is C36H30FNO4S. The van der Waals surface area contributed by atoms with Gasteiger partial charge in [-0.05, 0) is 64.7 Å². The van der Waals surface area contributed by atoms with E-state index in [-0.39, 0.29) is 29.3 Å². The number of rotatable bonds is 10. The summed E-state index contributed by atoms with van der Waals surface area (Å²) < 4.78 is 19.9. The maximum atomic E-state index is 13.7. The molecule has 2 N–H and O–H groups in total. The number of nitrogens with zero attached hydrogens (tertiary/aromatic N) is 1. The minimum absolute atomic E-state index is 0.0569. The predicted molar refractivity (Wildman–Crippen MR) is 169 cm³/mol. The second-order valence-electron chi connectivity index (χ2n) is 10.4. The van der Waals surface area contributed by atoms with Crippen molar-refractivity contribution in [2.45, 2.75) is 24.0 Å². The Morgan fingerprint density at radius 2 is 1.51 bits per heavy atom. The molecule has 5 aromatic rings. The smallest absolute Gasteiger partial charge is 0.243 e. The number of halogens is 1. The zero-order valence-electron chi connectivity index (χ0n) is 23.2. The molecule has 0 radical (unpaired) electrons. The number of hydrogen-bond donors (Lipinski definition) is 2. The van der Waals surface area contributed by atoms with Crippen LogP contribution in [0.1, 0.15) is 28.8 Å². The molecule has 5 aromatic carbocycles. The van der Waals surface area contributed by atoms with Crippen LogP contribution in [0.2, 0.25) is 0 Å². The van der Waals surface area contributed by atoms with Gasteiger partial charge in [-0.1, -0.05) is 84.9 Å². The molecule has 1 amide bonds. The number of carbonyl (C=O) groups is 1. The summed E-state index contributed by atoms with van der Waals surface area (Å²) in [5.41, 5.74) is 4.94. The normalized spacial score (nSPS) is 16.9. The summed E-state index contributed by atoms with van der Waals surface area (Å²) in [7, 11) is 0. The second kappa shape index (κ2) is 12.7. The first-order valence-electron chi connectivity index (χ1n) is 14.0. The number of ether oxygens (including phenoxy) is 1. The fraction of sp³-hybridized carbons (Fsp3) is 0.139. The van der Waals surface area contributed by atoms with Crippen molar-refractivity contribution < 1.29 is 24.1 Å². The van der Waals surface area contributed by atoms with Gasteiger partial charge in [0.05, 0.1) is 12.1 Å². The van der Waals surface area contributed by atoms with Crippen molar-refractivity contribution in [3.8, 4) is 22.6 Å². The lowest BCUT2D eigenvalue weighted by atomic mass is 9.90. The van der Waals surface area contributed by atoms with Gasteiger partial charge in [-0.15, -0.1) is 11.8 Å². The van der Waals surface area contributed by atoms with Crippen LogP contribution in [-0.4, -0.2) is 27.1 Å². The molecule has 0 spiro atoms. The van der Waals surface area contributed by atoms with Crippen LogP contribution in [0.25, 0.3) is 11.1 Å². The van der Waals surface area contributed by atoms with Gasteiger partial charge in [0.2, 0.25) is 5.91 Å². The molecule has 7 heteroatoms. The van der Waals surface area contributed by atoms with Gasteiger partial charge in [0.15, 0.2) is 0 Å². The monoisotopic (exact) mass is 591 g/mol. The number of benzene rings is 5. The van der Waals surface area contributed by atoms with E-state index in [9.17, 15) is 19.4 Å². The molecule has 0 aliphatic carbocycles. The van der Waals surface area contributed by atoms with Crippen LogP contribution in [0.3, 0.4) is 0 Å². The Bertz CT molecular complexity index is 1700. The number of aromatic hydroxyl groups is 1. The fourth-order valence-electron chi connectivity index (χ4n) is 5.28. The minimum atomic E-state index is -0.855. The molecule has 1 aliphatic rings. The number of thioether (sulfide) groups is 1. The van der Waals surface area contributed by atoms with Gasteiger partial charge in [-0.2, -0.15) is 0 Å². The molecule has 6 rings (SSSR count). The third-order valence-electron chi connectivity index (χ3n) is 7.52. The van der Waals surface area contributed by atoms with Gasteiger partial charge in [0.1, 0.15) is 29.2 Å². The molecule has 1 aliphatic heterocycles. The Kier molecular flexibility index (Phi) is 8.45. The van der Waals surface area contributed by atoms with E-state index in [2.05, 4.69) is 0 Å². The number of phenols is 1. The molecule has 0 bridgehead atoms. The van der Waals surface area contributed by atoms with E-state index in [1.165, 1.54) is 23.9 Å². The number of aliphatic hydroxyl groups is 1. The highest BCUT2D eigenvalue weighted by atomic mass is 32.2. The molecule has 216 valence electrons. The van der Waals surface area contributed by atoms with Crippen molar-refractivity contribution >= 4 is 23.4 Å². The standard InChI is InChI=1S/C36H30FNO4S/c37-28-17-14-25(15-18-28)32(40)23-43-35-34(38(36(35)41)29-11-5-2-6-12-29)31-19-16-27(26-10-7-13-30(39)20-26)21-33(31)42-22-24-8-3-1-4-9-24/h1-21,32,34-35,39-40H,22-23H2/t32-,34+,35+/m0/s1. The van der Waals surface area contributed by atoms with E-state index in [0.717, 1.165) is 27.9 Å². The quantitative estimate of drug-likeness (QED) is 0.163. The molecule has 3 atom stereocenters. The molecular weight excluding hydrogens is 561 g/mol. The number of carbonyl (C=O) groups excluding carboxylic acids is 1. The zero-order chi connectivity index (χ0) is 29.8. The van der Waals surface area contributed by atoms with Crippen LogP contribution in [0.5, 0.6) is 11.5 Å². The summed E-state index contributed by atoms with van der Waals surface area (Å²) in [6, 6.07) is 37.8. The third kappa shape index (κ3) is 6.28. The Hall–Kier alpha value is -4.59. The van der Waals surface area contributed by atoms with E-state index >= 15 is 0 Å². The van der Waals surface area contributed by atoms with E-state index in [1.807, 2.05) is 84.9 Å². The first-order chi connectivity index (χ1) is 21.0. The average molecular weight is 592 g/mol. The minimum Gasteiger partial charge on any atom is -0.508 e. The highest BCUT2D eigenvalue weighted by molar-refractivity contribution is 8.00. The third-order valence-corrected chi connectivity index (χ3v) is 8.84. The lowest BCUT2D eigenvalue weighted by molar-refractivity contribution is -0.123. The van der Waals surface area contributed by atoms with Crippen molar-refractivity contribution in [2.24, 2.45) is 0 Å². The van der Waals surface area contributed by atoms with E-state index in [1.54, 1.807) is 35.2 Å². The molecule has 0 saturated carbocycles. The summed E-state index contributed by atoms with van der Waals surface area (Å²) >= 11 is 1.38. The molecule has 0 unspecified atom stereocenters. The average Bonchev–Trinajstić information content (AvgIpc) is 3.04. The predicted octanol–water partition coefficient (Wildman–Crippen LogP) is 7.70. The van der Waals surface area contributed by atoms with E-state index < -0.39 is 11.4 Å². The first kappa shape index (κ1) is 28.5. The van der Waals surface area contributed by atoms with Crippen molar-refractivity contribution in [1.82, 2.24) is 0 Å². The summed E-state index contributed by atoms with van der Waals surface area (Å²) in [6.45, 7) is 0.338. The van der Waals surface area contributed by atoms with Gasteiger partial charge >= 0.3 is 0 Å².